The van der Waals surface area contributed by atoms with E-state index < -0.39 is 18.0 Å². The van der Waals surface area contributed by atoms with Crippen LogP contribution in [-0.2, 0) is 0 Å². The number of rotatable bonds is 7. The van der Waals surface area contributed by atoms with Gasteiger partial charge >= 0.3 is 0 Å². The van der Waals surface area contributed by atoms with E-state index in [4.69, 9.17) is 16.2 Å². The van der Waals surface area contributed by atoms with Crippen LogP contribution in [0.25, 0.3) is 11.1 Å². The minimum absolute atomic E-state index is 0.195. The fourth-order valence-corrected chi connectivity index (χ4v) is 2.35. The number of alkyl halides is 1. The third kappa shape index (κ3) is 4.10. The second-order valence-corrected chi connectivity index (χ2v) is 5.40. The Morgan fingerprint density at radius 2 is 1.67 bits per heavy atom. The molecular weight excluding hydrogens is 311 g/mol. The number of halogens is 1. The Morgan fingerprint density at radius 3 is 2.21 bits per heavy atom. The molecule has 0 aliphatic rings. The van der Waals surface area contributed by atoms with Gasteiger partial charge in [0.1, 0.15) is 11.9 Å². The van der Waals surface area contributed by atoms with Crippen molar-refractivity contribution in [3.05, 3.63) is 53.6 Å². The lowest BCUT2D eigenvalue weighted by Crippen LogP contribution is -2.18. The molecule has 0 aromatic heterocycles. The van der Waals surface area contributed by atoms with Gasteiger partial charge in [0.2, 0.25) is 11.8 Å². The zero-order valence-corrected chi connectivity index (χ0v) is 13.3. The second-order valence-electron chi connectivity index (χ2n) is 5.40. The van der Waals surface area contributed by atoms with Crippen molar-refractivity contribution in [1.82, 2.24) is 0 Å². The predicted octanol–water partition coefficient (Wildman–Crippen LogP) is 2.68. The predicted molar refractivity (Wildman–Crippen MR) is 89.6 cm³/mol. The molecule has 5 nitrogen and oxygen atoms in total. The minimum atomic E-state index is -0.953. The van der Waals surface area contributed by atoms with Gasteiger partial charge in [-0.2, -0.15) is 0 Å². The van der Waals surface area contributed by atoms with E-state index in [1.807, 2.05) is 0 Å². The molecule has 0 aliphatic carbocycles. The number of nitrogens with two attached hydrogens (primary N) is 2. The van der Waals surface area contributed by atoms with Gasteiger partial charge < -0.3 is 16.2 Å². The number of ether oxygens (including phenoxy) is 1. The van der Waals surface area contributed by atoms with Gasteiger partial charge in [0.15, 0.2) is 0 Å². The molecule has 2 aromatic carbocycles. The van der Waals surface area contributed by atoms with Crippen molar-refractivity contribution in [1.29, 1.82) is 0 Å². The number of primary amides is 2. The molecule has 1 unspecified atom stereocenters. The standard InChI is InChI=1S/C18H19FN2O3/c1-11(19)8-9-24-13-5-2-4-12(10-13)16-14(17(20)22)6-3-7-15(16)18(21)23/h2-7,10-11H,8-9H2,1H3,(H2,20,22)(H2,21,23). The summed E-state index contributed by atoms with van der Waals surface area (Å²) in [6.07, 6.45) is -0.681. The zero-order valence-electron chi connectivity index (χ0n) is 13.3. The molecule has 2 rings (SSSR count). The molecule has 6 heteroatoms. The van der Waals surface area contributed by atoms with Gasteiger partial charge in [-0.3, -0.25) is 9.59 Å². The average molecular weight is 330 g/mol. The highest BCUT2D eigenvalue weighted by Gasteiger charge is 2.18. The Kier molecular flexibility index (Phi) is 5.52. The van der Waals surface area contributed by atoms with Crippen molar-refractivity contribution in [2.75, 3.05) is 6.61 Å². The highest BCUT2D eigenvalue weighted by atomic mass is 19.1. The van der Waals surface area contributed by atoms with Crippen LogP contribution in [0.1, 0.15) is 34.1 Å². The third-order valence-corrected chi connectivity index (χ3v) is 3.50. The SMILES string of the molecule is CC(F)CCOc1cccc(-c2c(C(N)=O)cccc2C(N)=O)c1. The van der Waals surface area contributed by atoms with Crippen LogP contribution >= 0.6 is 0 Å². The minimum Gasteiger partial charge on any atom is -0.493 e. The summed E-state index contributed by atoms with van der Waals surface area (Å²) in [6, 6.07) is 11.4. The lowest BCUT2D eigenvalue weighted by Gasteiger charge is -2.13. The molecule has 0 radical (unpaired) electrons. The summed E-state index contributed by atoms with van der Waals surface area (Å²) in [5, 5.41) is 0. The Balaban J connectivity index is 2.44. The van der Waals surface area contributed by atoms with Crippen LogP contribution in [0.5, 0.6) is 5.75 Å². The molecule has 4 N–H and O–H groups in total. The molecule has 0 saturated heterocycles. The van der Waals surface area contributed by atoms with Crippen LogP contribution in [0.3, 0.4) is 0 Å². The first-order chi connectivity index (χ1) is 11.4. The number of hydrogen-bond acceptors (Lipinski definition) is 3. The summed E-state index contributed by atoms with van der Waals surface area (Å²) in [5.41, 5.74) is 12.1. The number of carbonyl (C=O) groups excluding carboxylic acids is 2. The number of carbonyl (C=O) groups is 2. The van der Waals surface area contributed by atoms with Gasteiger partial charge in [-0.1, -0.05) is 18.2 Å². The van der Waals surface area contributed by atoms with Crippen molar-refractivity contribution in [3.8, 4) is 16.9 Å². The van der Waals surface area contributed by atoms with Crippen molar-refractivity contribution >= 4 is 11.8 Å². The van der Waals surface area contributed by atoms with Crippen molar-refractivity contribution in [2.24, 2.45) is 11.5 Å². The zero-order chi connectivity index (χ0) is 17.7. The van der Waals surface area contributed by atoms with Crippen molar-refractivity contribution in [2.45, 2.75) is 19.5 Å². The number of amides is 2. The molecule has 0 bridgehead atoms. The molecule has 0 saturated carbocycles. The van der Waals surface area contributed by atoms with E-state index in [1.54, 1.807) is 30.3 Å². The van der Waals surface area contributed by atoms with Crippen LogP contribution < -0.4 is 16.2 Å². The summed E-state index contributed by atoms with van der Waals surface area (Å²) in [6.45, 7) is 1.68. The Morgan fingerprint density at radius 1 is 1.08 bits per heavy atom. The smallest absolute Gasteiger partial charge is 0.249 e. The first kappa shape index (κ1) is 17.5. The van der Waals surface area contributed by atoms with Gasteiger partial charge in [0.25, 0.3) is 0 Å². The molecule has 0 spiro atoms. The molecule has 1 atom stereocenters. The first-order valence-electron chi connectivity index (χ1n) is 7.50. The summed E-state index contributed by atoms with van der Waals surface area (Å²) < 4.78 is 18.4. The maximum Gasteiger partial charge on any atom is 0.249 e. The van der Waals surface area contributed by atoms with Crippen LogP contribution in [0.15, 0.2) is 42.5 Å². The third-order valence-electron chi connectivity index (χ3n) is 3.50. The summed E-state index contributed by atoms with van der Waals surface area (Å²) in [7, 11) is 0. The largest absolute Gasteiger partial charge is 0.493 e. The lowest BCUT2D eigenvalue weighted by atomic mass is 9.93. The van der Waals surface area contributed by atoms with E-state index in [9.17, 15) is 14.0 Å². The van der Waals surface area contributed by atoms with E-state index in [1.165, 1.54) is 19.1 Å². The van der Waals surface area contributed by atoms with Crippen molar-refractivity contribution < 1.29 is 18.7 Å². The van der Waals surface area contributed by atoms with Gasteiger partial charge in [0, 0.05) is 23.1 Å². The van der Waals surface area contributed by atoms with Crippen LogP contribution in [0.4, 0.5) is 4.39 Å². The van der Waals surface area contributed by atoms with Gasteiger partial charge in [-0.25, -0.2) is 4.39 Å². The molecule has 0 heterocycles. The Hall–Kier alpha value is -2.89. The lowest BCUT2D eigenvalue weighted by molar-refractivity contribution is 0.0999. The maximum absolute atomic E-state index is 12.8. The van der Waals surface area contributed by atoms with Gasteiger partial charge in [0.05, 0.1) is 6.61 Å². The van der Waals surface area contributed by atoms with Crippen molar-refractivity contribution in [3.63, 3.8) is 0 Å². The van der Waals surface area contributed by atoms with Crippen LogP contribution in [-0.4, -0.2) is 24.6 Å². The topological polar surface area (TPSA) is 95.4 Å². The van der Waals surface area contributed by atoms with E-state index in [0.29, 0.717) is 16.9 Å². The van der Waals surface area contributed by atoms with E-state index in [-0.39, 0.29) is 24.2 Å². The molecule has 0 fully saturated rings. The summed E-state index contributed by atoms with van der Waals surface area (Å²) >= 11 is 0. The highest BCUT2D eigenvalue weighted by molar-refractivity contribution is 6.08. The molecule has 24 heavy (non-hydrogen) atoms. The number of benzene rings is 2. The van der Waals surface area contributed by atoms with Gasteiger partial charge in [-0.15, -0.1) is 0 Å². The summed E-state index contributed by atoms with van der Waals surface area (Å²) in [5.74, 6) is -0.820. The molecule has 2 aromatic rings. The van der Waals surface area contributed by atoms with Crippen LogP contribution in [0, 0.1) is 0 Å². The summed E-state index contributed by atoms with van der Waals surface area (Å²) in [4.78, 5) is 23.4. The second kappa shape index (κ2) is 7.59. The van der Waals surface area contributed by atoms with Crippen LogP contribution in [0.2, 0.25) is 0 Å². The molecule has 2 amide bonds. The number of hydrogen-bond donors (Lipinski definition) is 2. The van der Waals surface area contributed by atoms with Gasteiger partial charge in [-0.05, 0) is 36.8 Å². The fourth-order valence-electron chi connectivity index (χ4n) is 2.35. The Bertz CT molecular complexity index is 727. The quantitative estimate of drug-likeness (QED) is 0.817. The fraction of sp³-hybridized carbons (Fsp3) is 0.222. The monoisotopic (exact) mass is 330 g/mol. The first-order valence-corrected chi connectivity index (χ1v) is 7.50. The molecular formula is C18H19FN2O3. The normalized spacial score (nSPS) is 11.8. The van der Waals surface area contributed by atoms with E-state index in [2.05, 4.69) is 0 Å². The Labute approximate surface area is 139 Å². The molecule has 126 valence electrons. The van der Waals surface area contributed by atoms with E-state index >= 15 is 0 Å². The maximum atomic E-state index is 12.8. The average Bonchev–Trinajstić information content (AvgIpc) is 2.54. The highest BCUT2D eigenvalue weighted by Crippen LogP contribution is 2.30. The van der Waals surface area contributed by atoms with E-state index in [0.717, 1.165) is 0 Å². The molecule has 0 aliphatic heterocycles.